The number of anilines is 1. The monoisotopic (exact) mass is 264 g/mol. The van der Waals surface area contributed by atoms with Crippen molar-refractivity contribution >= 4 is 11.6 Å². The Morgan fingerprint density at radius 3 is 2.37 bits per heavy atom. The molecule has 0 saturated carbocycles. The van der Waals surface area contributed by atoms with Gasteiger partial charge in [0.15, 0.2) is 0 Å². The lowest BCUT2D eigenvalue weighted by molar-refractivity contribution is -0.00815. The molecule has 1 rings (SSSR count). The van der Waals surface area contributed by atoms with Crippen molar-refractivity contribution in [3.63, 3.8) is 0 Å². The van der Waals surface area contributed by atoms with E-state index in [0.29, 0.717) is 18.7 Å². The molecule has 0 spiro atoms. The number of carbonyl (C=O) groups excluding carboxylic acids is 1. The van der Waals surface area contributed by atoms with Gasteiger partial charge in [-0.1, -0.05) is 0 Å². The molecule has 0 heterocycles. The maximum Gasteiger partial charge on any atom is 0.251 e. The second-order valence-corrected chi connectivity index (χ2v) is 4.98. The fourth-order valence-electron chi connectivity index (χ4n) is 1.78. The van der Waals surface area contributed by atoms with Gasteiger partial charge in [0.05, 0.1) is 5.60 Å². The summed E-state index contributed by atoms with van der Waals surface area (Å²) >= 11 is 0. The molecule has 1 aromatic carbocycles. The maximum atomic E-state index is 12.0. The van der Waals surface area contributed by atoms with Crippen LogP contribution in [0.3, 0.4) is 0 Å². The van der Waals surface area contributed by atoms with E-state index in [0.717, 1.165) is 12.2 Å². The molecule has 4 heteroatoms. The van der Waals surface area contributed by atoms with E-state index in [4.69, 9.17) is 4.74 Å². The third-order valence-corrected chi connectivity index (χ3v) is 2.74. The molecule has 0 aliphatic carbocycles. The fourth-order valence-corrected chi connectivity index (χ4v) is 1.78. The Kier molecular flexibility index (Phi) is 5.83. The number of rotatable bonds is 7. The molecule has 1 aromatic rings. The summed E-state index contributed by atoms with van der Waals surface area (Å²) in [6, 6.07) is 7.46. The highest BCUT2D eigenvalue weighted by molar-refractivity contribution is 5.94. The Hall–Kier alpha value is -1.55. The van der Waals surface area contributed by atoms with Crippen LogP contribution in [0.2, 0.25) is 0 Å². The maximum absolute atomic E-state index is 12.0. The molecule has 0 aliphatic heterocycles. The molecule has 0 unspecified atom stereocenters. The summed E-state index contributed by atoms with van der Waals surface area (Å²) in [4.78, 5) is 12.0. The van der Waals surface area contributed by atoms with Crippen LogP contribution >= 0.6 is 0 Å². The van der Waals surface area contributed by atoms with Gasteiger partial charge in [-0.2, -0.15) is 0 Å². The lowest BCUT2D eigenvalue weighted by Crippen LogP contribution is -2.40. The number of hydrogen-bond donors (Lipinski definition) is 2. The normalized spacial score (nSPS) is 11.2. The van der Waals surface area contributed by atoms with Crippen molar-refractivity contribution in [1.82, 2.24) is 5.32 Å². The van der Waals surface area contributed by atoms with Crippen molar-refractivity contribution < 1.29 is 9.53 Å². The van der Waals surface area contributed by atoms with Crippen LogP contribution in [-0.4, -0.2) is 31.2 Å². The molecule has 0 saturated heterocycles. The first-order valence-electron chi connectivity index (χ1n) is 6.74. The molecule has 0 aromatic heterocycles. The van der Waals surface area contributed by atoms with Crippen LogP contribution in [0.15, 0.2) is 24.3 Å². The van der Waals surface area contributed by atoms with Crippen molar-refractivity contribution in [2.24, 2.45) is 0 Å². The highest BCUT2D eigenvalue weighted by Gasteiger charge is 2.18. The zero-order valence-corrected chi connectivity index (χ0v) is 12.2. The van der Waals surface area contributed by atoms with Gasteiger partial charge in [0, 0.05) is 30.9 Å². The molecule has 19 heavy (non-hydrogen) atoms. The number of carbonyl (C=O) groups is 1. The number of ether oxygens (including phenoxy) is 1. The summed E-state index contributed by atoms with van der Waals surface area (Å²) < 4.78 is 5.54. The molecule has 106 valence electrons. The van der Waals surface area contributed by atoms with Crippen LogP contribution in [0, 0.1) is 0 Å². The average molecular weight is 264 g/mol. The molecule has 0 atom stereocenters. The molecular formula is C15H24N2O2. The molecule has 2 N–H and O–H groups in total. The van der Waals surface area contributed by atoms with Gasteiger partial charge in [0.2, 0.25) is 0 Å². The van der Waals surface area contributed by atoms with E-state index in [1.165, 1.54) is 0 Å². The summed E-state index contributed by atoms with van der Waals surface area (Å²) in [7, 11) is 0. The number of benzene rings is 1. The van der Waals surface area contributed by atoms with Gasteiger partial charge in [-0.15, -0.1) is 0 Å². The molecule has 0 fully saturated rings. The summed E-state index contributed by atoms with van der Waals surface area (Å²) in [6.07, 6.45) is 0. The number of nitrogens with one attached hydrogen (secondary N) is 2. The highest BCUT2D eigenvalue weighted by atomic mass is 16.5. The minimum atomic E-state index is -0.339. The second-order valence-electron chi connectivity index (χ2n) is 4.98. The lowest BCUT2D eigenvalue weighted by Gasteiger charge is -2.24. The molecule has 1 amide bonds. The Morgan fingerprint density at radius 2 is 1.84 bits per heavy atom. The molecule has 0 aliphatic rings. The standard InChI is InChI=1S/C15H24N2O2/c1-5-16-13-9-7-12(8-10-13)14(18)17-11-15(3,4)19-6-2/h7-10,16H,5-6,11H2,1-4H3,(H,17,18). The predicted octanol–water partition coefficient (Wildman–Crippen LogP) is 2.66. The van der Waals surface area contributed by atoms with Crippen LogP contribution in [-0.2, 0) is 4.74 Å². The minimum absolute atomic E-state index is 0.0733. The smallest absolute Gasteiger partial charge is 0.251 e. The quantitative estimate of drug-likeness (QED) is 0.796. The van der Waals surface area contributed by atoms with E-state index in [1.807, 2.05) is 52.0 Å². The van der Waals surface area contributed by atoms with E-state index in [2.05, 4.69) is 10.6 Å². The van der Waals surface area contributed by atoms with Crippen LogP contribution in [0.5, 0.6) is 0 Å². The van der Waals surface area contributed by atoms with Gasteiger partial charge in [0.1, 0.15) is 0 Å². The number of hydrogen-bond acceptors (Lipinski definition) is 3. The van der Waals surface area contributed by atoms with Crippen molar-refractivity contribution in [2.45, 2.75) is 33.3 Å². The SMILES string of the molecule is CCNc1ccc(C(=O)NCC(C)(C)OCC)cc1. The first kappa shape index (κ1) is 15.5. The van der Waals surface area contributed by atoms with E-state index in [1.54, 1.807) is 0 Å². The van der Waals surface area contributed by atoms with Crippen LogP contribution < -0.4 is 10.6 Å². The number of amides is 1. The van der Waals surface area contributed by atoms with Crippen molar-refractivity contribution in [3.8, 4) is 0 Å². The summed E-state index contributed by atoms with van der Waals surface area (Å²) in [5, 5.41) is 6.09. The van der Waals surface area contributed by atoms with Gasteiger partial charge in [-0.25, -0.2) is 0 Å². The molecule has 0 bridgehead atoms. The summed E-state index contributed by atoms with van der Waals surface area (Å²) in [6.45, 7) is 9.92. The Morgan fingerprint density at radius 1 is 1.21 bits per heavy atom. The first-order chi connectivity index (χ1) is 8.98. The third-order valence-electron chi connectivity index (χ3n) is 2.74. The van der Waals surface area contributed by atoms with Crippen LogP contribution in [0.25, 0.3) is 0 Å². The van der Waals surface area contributed by atoms with Gasteiger partial charge in [0.25, 0.3) is 5.91 Å². The Labute approximate surface area is 115 Å². The second kappa shape index (κ2) is 7.14. The summed E-state index contributed by atoms with van der Waals surface area (Å²) in [5.41, 5.74) is 1.34. The molecular weight excluding hydrogens is 240 g/mol. The van der Waals surface area contributed by atoms with Crippen molar-refractivity contribution in [3.05, 3.63) is 29.8 Å². The topological polar surface area (TPSA) is 50.4 Å². The van der Waals surface area contributed by atoms with Gasteiger partial charge >= 0.3 is 0 Å². The zero-order chi connectivity index (χ0) is 14.3. The van der Waals surface area contributed by atoms with E-state index < -0.39 is 0 Å². The zero-order valence-electron chi connectivity index (χ0n) is 12.2. The minimum Gasteiger partial charge on any atom is -0.385 e. The first-order valence-corrected chi connectivity index (χ1v) is 6.74. The largest absolute Gasteiger partial charge is 0.385 e. The van der Waals surface area contributed by atoms with E-state index >= 15 is 0 Å². The Balaban J connectivity index is 2.53. The van der Waals surface area contributed by atoms with Crippen molar-refractivity contribution in [2.75, 3.05) is 25.0 Å². The predicted molar refractivity (Wildman–Crippen MR) is 78.6 cm³/mol. The van der Waals surface area contributed by atoms with Crippen LogP contribution in [0.4, 0.5) is 5.69 Å². The van der Waals surface area contributed by atoms with Gasteiger partial charge in [-0.3, -0.25) is 4.79 Å². The van der Waals surface area contributed by atoms with Gasteiger partial charge in [-0.05, 0) is 52.0 Å². The van der Waals surface area contributed by atoms with Gasteiger partial charge < -0.3 is 15.4 Å². The Bertz CT molecular complexity index is 399. The molecule has 0 radical (unpaired) electrons. The summed E-state index contributed by atoms with van der Waals surface area (Å²) in [5.74, 6) is -0.0733. The van der Waals surface area contributed by atoms with E-state index in [9.17, 15) is 4.79 Å². The fraction of sp³-hybridized carbons (Fsp3) is 0.533. The average Bonchev–Trinajstić information content (AvgIpc) is 2.37. The van der Waals surface area contributed by atoms with E-state index in [-0.39, 0.29) is 11.5 Å². The van der Waals surface area contributed by atoms with Crippen LogP contribution in [0.1, 0.15) is 38.1 Å². The lowest BCUT2D eigenvalue weighted by atomic mass is 10.1. The molecule has 4 nitrogen and oxygen atoms in total. The third kappa shape index (κ3) is 5.30. The highest BCUT2D eigenvalue weighted by Crippen LogP contribution is 2.10. The van der Waals surface area contributed by atoms with Crippen molar-refractivity contribution in [1.29, 1.82) is 0 Å².